The van der Waals surface area contributed by atoms with Crippen LogP contribution in [0.1, 0.15) is 24.3 Å². The summed E-state index contributed by atoms with van der Waals surface area (Å²) in [5.41, 5.74) is 3.04. The SMILES string of the molecule is Cc1c(C(C)Nc2ccc(O)cc2)oc2ccccc12. The Bertz CT molecular complexity index is 728. The lowest BCUT2D eigenvalue weighted by atomic mass is 10.1. The summed E-state index contributed by atoms with van der Waals surface area (Å²) < 4.78 is 5.94. The van der Waals surface area contributed by atoms with Crippen LogP contribution in [0.4, 0.5) is 5.69 Å². The quantitative estimate of drug-likeness (QED) is 0.680. The van der Waals surface area contributed by atoms with Crippen molar-refractivity contribution < 1.29 is 9.52 Å². The highest BCUT2D eigenvalue weighted by atomic mass is 16.3. The second-order valence-corrected chi connectivity index (χ2v) is 5.00. The summed E-state index contributed by atoms with van der Waals surface area (Å²) in [6, 6.07) is 15.2. The number of fused-ring (bicyclic) bond motifs is 1. The lowest BCUT2D eigenvalue weighted by Crippen LogP contribution is -2.06. The molecule has 0 spiro atoms. The van der Waals surface area contributed by atoms with Gasteiger partial charge in [-0.25, -0.2) is 0 Å². The van der Waals surface area contributed by atoms with E-state index in [1.165, 1.54) is 5.56 Å². The molecule has 102 valence electrons. The minimum Gasteiger partial charge on any atom is -0.508 e. The first kappa shape index (κ1) is 12.6. The average Bonchev–Trinajstić information content (AvgIpc) is 2.79. The second kappa shape index (κ2) is 4.93. The van der Waals surface area contributed by atoms with Crippen LogP contribution < -0.4 is 5.32 Å². The first-order valence-corrected chi connectivity index (χ1v) is 6.69. The molecule has 1 heterocycles. The molecule has 0 aliphatic carbocycles. The fourth-order valence-corrected chi connectivity index (χ4v) is 2.48. The van der Waals surface area contributed by atoms with Gasteiger partial charge in [0.05, 0.1) is 6.04 Å². The van der Waals surface area contributed by atoms with Crippen LogP contribution in [0.3, 0.4) is 0 Å². The molecule has 0 radical (unpaired) electrons. The third kappa shape index (κ3) is 2.23. The number of hydrogen-bond donors (Lipinski definition) is 2. The fourth-order valence-electron chi connectivity index (χ4n) is 2.48. The van der Waals surface area contributed by atoms with Gasteiger partial charge in [-0.1, -0.05) is 18.2 Å². The van der Waals surface area contributed by atoms with Crippen LogP contribution >= 0.6 is 0 Å². The minimum absolute atomic E-state index is 0.0620. The van der Waals surface area contributed by atoms with Crippen molar-refractivity contribution in [2.45, 2.75) is 19.9 Å². The molecular weight excluding hydrogens is 250 g/mol. The number of rotatable bonds is 3. The summed E-state index contributed by atoms with van der Waals surface area (Å²) in [6.45, 7) is 4.15. The zero-order valence-corrected chi connectivity index (χ0v) is 11.6. The summed E-state index contributed by atoms with van der Waals surface area (Å²) in [6.07, 6.45) is 0. The van der Waals surface area contributed by atoms with Crippen molar-refractivity contribution in [3.05, 3.63) is 59.9 Å². The minimum atomic E-state index is 0.0620. The first-order chi connectivity index (χ1) is 9.65. The van der Waals surface area contributed by atoms with Crippen molar-refractivity contribution in [1.29, 1.82) is 0 Å². The molecule has 0 bridgehead atoms. The third-order valence-electron chi connectivity index (χ3n) is 3.52. The van der Waals surface area contributed by atoms with Gasteiger partial charge in [0.1, 0.15) is 17.1 Å². The van der Waals surface area contributed by atoms with E-state index >= 15 is 0 Å². The Morgan fingerprint density at radius 3 is 2.45 bits per heavy atom. The number of furan rings is 1. The lowest BCUT2D eigenvalue weighted by Gasteiger charge is -2.14. The van der Waals surface area contributed by atoms with Gasteiger partial charge in [-0.05, 0) is 44.2 Å². The molecule has 0 aliphatic rings. The van der Waals surface area contributed by atoms with E-state index < -0.39 is 0 Å². The van der Waals surface area contributed by atoms with E-state index in [-0.39, 0.29) is 11.8 Å². The van der Waals surface area contributed by atoms with Gasteiger partial charge in [0, 0.05) is 16.6 Å². The van der Waals surface area contributed by atoms with Crippen molar-refractivity contribution in [3.63, 3.8) is 0 Å². The highest BCUT2D eigenvalue weighted by molar-refractivity contribution is 5.82. The van der Waals surface area contributed by atoms with Crippen LogP contribution in [0.15, 0.2) is 52.9 Å². The summed E-state index contributed by atoms with van der Waals surface area (Å²) >= 11 is 0. The molecule has 3 heteroatoms. The number of phenolic OH excluding ortho intramolecular Hbond substituents is 1. The Morgan fingerprint density at radius 1 is 1.05 bits per heavy atom. The molecule has 0 saturated carbocycles. The van der Waals surface area contributed by atoms with Crippen molar-refractivity contribution >= 4 is 16.7 Å². The molecule has 0 amide bonds. The van der Waals surface area contributed by atoms with Crippen molar-refractivity contribution in [2.75, 3.05) is 5.32 Å². The smallest absolute Gasteiger partial charge is 0.134 e. The number of phenols is 1. The summed E-state index contributed by atoms with van der Waals surface area (Å²) in [5, 5.41) is 13.8. The molecule has 0 fully saturated rings. The molecule has 1 unspecified atom stereocenters. The van der Waals surface area contributed by atoms with Crippen LogP contribution in [-0.4, -0.2) is 5.11 Å². The molecule has 3 nitrogen and oxygen atoms in total. The van der Waals surface area contributed by atoms with E-state index in [0.717, 1.165) is 22.4 Å². The molecule has 3 aromatic rings. The molecule has 0 aliphatic heterocycles. The largest absolute Gasteiger partial charge is 0.508 e. The standard InChI is InChI=1S/C17H17NO2/c1-11-15-5-3-4-6-16(15)20-17(11)12(2)18-13-7-9-14(19)10-8-13/h3-10,12,18-19H,1-2H3. The van der Waals surface area contributed by atoms with Gasteiger partial charge >= 0.3 is 0 Å². The average molecular weight is 267 g/mol. The van der Waals surface area contributed by atoms with E-state index in [0.29, 0.717) is 0 Å². The topological polar surface area (TPSA) is 45.4 Å². The Labute approximate surface area is 117 Å². The molecule has 3 rings (SSSR count). The van der Waals surface area contributed by atoms with Gasteiger partial charge in [-0.15, -0.1) is 0 Å². The molecule has 20 heavy (non-hydrogen) atoms. The predicted octanol–water partition coefficient (Wildman–Crippen LogP) is 4.62. The van der Waals surface area contributed by atoms with Crippen LogP contribution in [0.2, 0.25) is 0 Å². The van der Waals surface area contributed by atoms with E-state index in [4.69, 9.17) is 4.42 Å². The third-order valence-corrected chi connectivity index (χ3v) is 3.52. The fraction of sp³-hybridized carbons (Fsp3) is 0.176. The zero-order chi connectivity index (χ0) is 14.1. The second-order valence-electron chi connectivity index (χ2n) is 5.00. The van der Waals surface area contributed by atoms with Crippen LogP contribution in [0.5, 0.6) is 5.75 Å². The predicted molar refractivity (Wildman–Crippen MR) is 81.1 cm³/mol. The van der Waals surface area contributed by atoms with E-state index in [9.17, 15) is 5.11 Å². The number of aryl methyl sites for hydroxylation is 1. The first-order valence-electron chi connectivity index (χ1n) is 6.69. The van der Waals surface area contributed by atoms with Gasteiger partial charge in [0.15, 0.2) is 0 Å². The Kier molecular flexibility index (Phi) is 3.11. The molecule has 0 saturated heterocycles. The lowest BCUT2D eigenvalue weighted by molar-refractivity contribution is 0.475. The highest BCUT2D eigenvalue weighted by Gasteiger charge is 2.16. The van der Waals surface area contributed by atoms with Crippen molar-refractivity contribution in [1.82, 2.24) is 0 Å². The van der Waals surface area contributed by atoms with Gasteiger partial charge < -0.3 is 14.8 Å². The van der Waals surface area contributed by atoms with E-state index in [1.807, 2.05) is 30.3 Å². The van der Waals surface area contributed by atoms with E-state index in [1.54, 1.807) is 12.1 Å². The number of nitrogens with one attached hydrogen (secondary N) is 1. The molecule has 1 atom stereocenters. The van der Waals surface area contributed by atoms with E-state index in [2.05, 4.69) is 25.2 Å². The van der Waals surface area contributed by atoms with Gasteiger partial charge in [-0.3, -0.25) is 0 Å². The molecule has 2 N–H and O–H groups in total. The normalized spacial score (nSPS) is 12.5. The van der Waals surface area contributed by atoms with Crippen LogP contribution in [0, 0.1) is 6.92 Å². The van der Waals surface area contributed by atoms with Crippen LogP contribution in [0.25, 0.3) is 11.0 Å². The Morgan fingerprint density at radius 2 is 1.75 bits per heavy atom. The Hall–Kier alpha value is -2.42. The maximum Gasteiger partial charge on any atom is 0.134 e. The number of benzene rings is 2. The zero-order valence-electron chi connectivity index (χ0n) is 11.6. The monoisotopic (exact) mass is 267 g/mol. The maximum absolute atomic E-state index is 9.30. The molecule has 1 aromatic heterocycles. The molecular formula is C17H17NO2. The molecule has 2 aromatic carbocycles. The summed E-state index contributed by atoms with van der Waals surface area (Å²) in [5.74, 6) is 1.21. The number of hydrogen-bond acceptors (Lipinski definition) is 3. The highest BCUT2D eigenvalue weighted by Crippen LogP contribution is 2.31. The number of aromatic hydroxyl groups is 1. The van der Waals surface area contributed by atoms with Crippen molar-refractivity contribution in [2.24, 2.45) is 0 Å². The maximum atomic E-state index is 9.30. The van der Waals surface area contributed by atoms with Crippen molar-refractivity contribution in [3.8, 4) is 5.75 Å². The van der Waals surface area contributed by atoms with Gasteiger partial charge in [0.25, 0.3) is 0 Å². The van der Waals surface area contributed by atoms with Gasteiger partial charge in [0.2, 0.25) is 0 Å². The number of para-hydroxylation sites is 1. The Balaban J connectivity index is 1.90. The van der Waals surface area contributed by atoms with Gasteiger partial charge in [-0.2, -0.15) is 0 Å². The summed E-state index contributed by atoms with van der Waals surface area (Å²) in [7, 11) is 0. The number of anilines is 1. The summed E-state index contributed by atoms with van der Waals surface area (Å²) in [4.78, 5) is 0. The van der Waals surface area contributed by atoms with Crippen LogP contribution in [-0.2, 0) is 0 Å².